The smallest absolute Gasteiger partial charge is 0.871 e. The van der Waals surface area contributed by atoms with Crippen molar-refractivity contribution < 1.29 is 15.1 Å². The summed E-state index contributed by atoms with van der Waals surface area (Å²) in [7, 11) is -2.67. The number of rotatable bonds is 0. The van der Waals surface area contributed by atoms with Crippen molar-refractivity contribution in [3.05, 3.63) is 0 Å². The third kappa shape index (κ3) is 140. The van der Waals surface area contributed by atoms with E-state index < -0.39 is 7.32 Å². The Balaban J connectivity index is -0.0000000450. The van der Waals surface area contributed by atoms with Gasteiger partial charge in [-0.25, -0.2) is 0 Å². The summed E-state index contributed by atoms with van der Waals surface area (Å²) in [5.74, 6) is 0. The predicted octanol–water partition coefficient (Wildman–Crippen LogP) is -3.53. The van der Waals surface area contributed by atoms with E-state index >= 15 is 0 Å². The van der Waals surface area contributed by atoms with Crippen LogP contribution in [-0.2, 0) is 0 Å². The summed E-state index contributed by atoms with van der Waals surface area (Å²) < 4.78 is 0. The molecule has 0 aliphatic heterocycles. The Morgan fingerprint density at radius 1 is 1.33 bits per heavy atom. The SMILES string of the molecule is N.[Mg+2].[O-]B([O-])O. The normalized spacial score (nSPS) is 4.50. The van der Waals surface area contributed by atoms with Gasteiger partial charge in [0.2, 0.25) is 0 Å². The monoisotopic (exact) mass is 101 g/mol. The summed E-state index contributed by atoms with van der Waals surface area (Å²) in [4.78, 5) is 0. The molecule has 0 atom stereocenters. The first-order valence-electron chi connectivity index (χ1n) is 0.730. The molecule has 0 aromatic carbocycles. The molecule has 4 nitrogen and oxygen atoms in total. The number of hydrogen-bond acceptors (Lipinski definition) is 4. The molecule has 0 aliphatic carbocycles. The zero-order valence-corrected chi connectivity index (χ0v) is 4.67. The van der Waals surface area contributed by atoms with Gasteiger partial charge in [0, 0.05) is 0 Å². The van der Waals surface area contributed by atoms with Crippen LogP contribution < -0.4 is 16.2 Å². The molecule has 0 radical (unpaired) electrons. The molecule has 6 heteroatoms. The first-order valence-corrected chi connectivity index (χ1v) is 0.730. The van der Waals surface area contributed by atoms with Crippen LogP contribution in [0.1, 0.15) is 0 Å². The van der Waals surface area contributed by atoms with E-state index in [1.165, 1.54) is 0 Å². The average Bonchev–Trinajstić information content (AvgIpc) is 0.811. The van der Waals surface area contributed by atoms with Crippen LogP contribution in [0.4, 0.5) is 0 Å². The van der Waals surface area contributed by atoms with Crippen molar-refractivity contribution in [2.24, 2.45) is 0 Å². The Hall–Kier alpha value is 0.671. The van der Waals surface area contributed by atoms with Gasteiger partial charge in [-0.05, 0) is 0 Å². The van der Waals surface area contributed by atoms with E-state index in [0.29, 0.717) is 0 Å². The predicted molar refractivity (Wildman–Crippen MR) is 18.7 cm³/mol. The first kappa shape index (κ1) is 15.9. The molecule has 6 heavy (non-hydrogen) atoms. The molecule has 0 bridgehead atoms. The molecule has 32 valence electrons. The van der Waals surface area contributed by atoms with Gasteiger partial charge in [-0.2, -0.15) is 0 Å². The van der Waals surface area contributed by atoms with Crippen LogP contribution in [0.5, 0.6) is 0 Å². The van der Waals surface area contributed by atoms with Crippen LogP contribution in [0.25, 0.3) is 0 Å². The minimum Gasteiger partial charge on any atom is -0.871 e. The van der Waals surface area contributed by atoms with Gasteiger partial charge in [-0.3, -0.25) is 0 Å². The topological polar surface area (TPSA) is 101 Å². The van der Waals surface area contributed by atoms with Crippen molar-refractivity contribution >= 4 is 30.4 Å². The molecule has 0 rings (SSSR count). The zero-order valence-electron chi connectivity index (χ0n) is 3.26. The summed E-state index contributed by atoms with van der Waals surface area (Å²) in [5, 5.41) is 24.0. The van der Waals surface area contributed by atoms with Crippen LogP contribution in [0, 0.1) is 0 Å². The van der Waals surface area contributed by atoms with Crippen LogP contribution in [0.2, 0.25) is 0 Å². The maximum absolute atomic E-state index is 8.53. The average molecular weight is 101 g/mol. The fraction of sp³-hybridized carbons (Fsp3) is 0. The minimum atomic E-state index is -2.67. The van der Waals surface area contributed by atoms with Crippen molar-refractivity contribution in [1.29, 1.82) is 0 Å². The molecule has 0 saturated heterocycles. The molecule has 0 unspecified atom stereocenters. The molecule has 0 fully saturated rings. The molecule has 0 aromatic heterocycles. The van der Waals surface area contributed by atoms with Crippen molar-refractivity contribution in [3.63, 3.8) is 0 Å². The van der Waals surface area contributed by atoms with E-state index in [9.17, 15) is 0 Å². The van der Waals surface area contributed by atoms with Gasteiger partial charge in [0.25, 0.3) is 0 Å². The first-order chi connectivity index (χ1) is 1.73. The second-order valence-corrected chi connectivity index (χ2v) is 0.307. The van der Waals surface area contributed by atoms with E-state index in [-0.39, 0.29) is 29.2 Å². The van der Waals surface area contributed by atoms with Gasteiger partial charge in [0.15, 0.2) is 0 Å². The van der Waals surface area contributed by atoms with E-state index in [4.69, 9.17) is 15.1 Å². The Morgan fingerprint density at radius 3 is 1.33 bits per heavy atom. The third-order valence-electron chi connectivity index (χ3n) is 0. The standard InChI is InChI=1S/BHO3.Mg.H3N/c2-1(3)4;;/h2H;;1H3/q-2;+2;. The van der Waals surface area contributed by atoms with Crippen LogP contribution in [-0.4, -0.2) is 35.4 Å². The van der Waals surface area contributed by atoms with E-state index in [1.54, 1.807) is 0 Å². The Kier molecular flexibility index (Phi) is 24.4. The zero-order chi connectivity index (χ0) is 3.58. The summed E-state index contributed by atoms with van der Waals surface area (Å²) in [6.45, 7) is 0. The molecule has 0 spiro atoms. The third-order valence-corrected chi connectivity index (χ3v) is 0. The minimum absolute atomic E-state index is 0. The molecule has 0 amide bonds. The van der Waals surface area contributed by atoms with Gasteiger partial charge in [-0.15, -0.1) is 0 Å². The maximum Gasteiger partial charge on any atom is 2.00 e. The summed E-state index contributed by atoms with van der Waals surface area (Å²) >= 11 is 0. The molecule has 4 N–H and O–H groups in total. The van der Waals surface area contributed by atoms with Crippen LogP contribution in [0.3, 0.4) is 0 Å². The fourth-order valence-electron chi connectivity index (χ4n) is 0. The van der Waals surface area contributed by atoms with Crippen molar-refractivity contribution in [2.45, 2.75) is 0 Å². The molecule has 0 heterocycles. The van der Waals surface area contributed by atoms with Gasteiger partial charge in [0.1, 0.15) is 0 Å². The van der Waals surface area contributed by atoms with Gasteiger partial charge in [0.05, 0.1) is 7.32 Å². The van der Waals surface area contributed by atoms with Crippen LogP contribution in [0.15, 0.2) is 0 Å². The van der Waals surface area contributed by atoms with E-state index in [2.05, 4.69) is 0 Å². The van der Waals surface area contributed by atoms with Crippen molar-refractivity contribution in [3.8, 4) is 0 Å². The molecular formula is H4BMgNO3. The van der Waals surface area contributed by atoms with Gasteiger partial charge < -0.3 is 21.2 Å². The van der Waals surface area contributed by atoms with Crippen molar-refractivity contribution in [1.82, 2.24) is 6.15 Å². The second-order valence-electron chi connectivity index (χ2n) is 0.307. The number of hydrogen-bond donors (Lipinski definition) is 2. The fourth-order valence-corrected chi connectivity index (χ4v) is 0. The molecule has 0 saturated carbocycles. The molecule has 0 aliphatic rings. The second kappa shape index (κ2) is 9.18. The Bertz CT molecular complexity index is 15.5. The van der Waals surface area contributed by atoms with E-state index in [1.807, 2.05) is 0 Å². The molecule has 0 aromatic rings. The Labute approximate surface area is 52.1 Å². The maximum atomic E-state index is 8.53. The summed E-state index contributed by atoms with van der Waals surface area (Å²) in [6.07, 6.45) is 0. The summed E-state index contributed by atoms with van der Waals surface area (Å²) in [6, 6.07) is 0. The Morgan fingerprint density at radius 2 is 1.33 bits per heavy atom. The van der Waals surface area contributed by atoms with Gasteiger partial charge >= 0.3 is 23.1 Å². The van der Waals surface area contributed by atoms with E-state index in [0.717, 1.165) is 0 Å². The van der Waals surface area contributed by atoms with Crippen LogP contribution >= 0.6 is 0 Å². The molecular weight excluding hydrogens is 97.1 g/mol. The quantitative estimate of drug-likeness (QED) is 0.309. The summed E-state index contributed by atoms with van der Waals surface area (Å²) in [5.41, 5.74) is 0. The van der Waals surface area contributed by atoms with Gasteiger partial charge in [-0.1, -0.05) is 0 Å². The van der Waals surface area contributed by atoms with Crippen molar-refractivity contribution in [2.75, 3.05) is 0 Å². The largest absolute Gasteiger partial charge is 2.00 e.